The molecule has 3 aromatic rings. The van der Waals surface area contributed by atoms with Crippen LogP contribution in [0, 0.1) is 0 Å². The Morgan fingerprint density at radius 2 is 1.92 bits per heavy atom. The lowest BCUT2D eigenvalue weighted by molar-refractivity contribution is -0.119. The summed E-state index contributed by atoms with van der Waals surface area (Å²) in [6.07, 6.45) is 1.14. The fourth-order valence-corrected chi connectivity index (χ4v) is 4.06. The van der Waals surface area contributed by atoms with Gasteiger partial charge in [-0.2, -0.15) is 0 Å². The van der Waals surface area contributed by atoms with Crippen molar-refractivity contribution >= 4 is 39.6 Å². The molecule has 0 radical (unpaired) electrons. The number of aromatic nitrogens is 1. The smallest absolute Gasteiger partial charge is 0.226 e. The molecule has 0 spiro atoms. The normalized spacial score (nSPS) is 10.5. The van der Waals surface area contributed by atoms with Crippen LogP contribution >= 0.6 is 22.7 Å². The Morgan fingerprint density at radius 3 is 2.69 bits per heavy atom. The van der Waals surface area contributed by atoms with Gasteiger partial charge in [-0.1, -0.05) is 30.3 Å². The molecule has 0 fully saturated rings. The van der Waals surface area contributed by atoms with E-state index in [1.54, 1.807) is 11.3 Å². The number of rotatable bonds is 7. The van der Waals surface area contributed by atoms with Gasteiger partial charge in [0.2, 0.25) is 11.8 Å². The van der Waals surface area contributed by atoms with E-state index in [-0.39, 0.29) is 11.8 Å². The molecule has 0 aliphatic rings. The van der Waals surface area contributed by atoms with Crippen LogP contribution < -0.4 is 10.6 Å². The summed E-state index contributed by atoms with van der Waals surface area (Å²) in [6, 6.07) is 13.9. The van der Waals surface area contributed by atoms with E-state index < -0.39 is 0 Å². The number of benzene rings is 1. The maximum Gasteiger partial charge on any atom is 0.226 e. The van der Waals surface area contributed by atoms with Crippen molar-refractivity contribution in [2.24, 2.45) is 0 Å². The van der Waals surface area contributed by atoms with Gasteiger partial charge in [-0.3, -0.25) is 9.59 Å². The third-order valence-corrected chi connectivity index (χ3v) is 5.53. The van der Waals surface area contributed by atoms with Crippen LogP contribution in [0.25, 0.3) is 10.6 Å². The highest BCUT2D eigenvalue weighted by molar-refractivity contribution is 7.17. The molecule has 0 atom stereocenters. The predicted octanol–water partition coefficient (Wildman–Crippen LogP) is 4.08. The third-order valence-electron chi connectivity index (χ3n) is 3.66. The summed E-state index contributed by atoms with van der Waals surface area (Å²) in [5.74, 6) is -0.0820. The second kappa shape index (κ2) is 8.73. The summed E-state index contributed by atoms with van der Waals surface area (Å²) in [5, 5.41) is 8.19. The Balaban J connectivity index is 1.54. The minimum absolute atomic E-state index is 0.0349. The molecule has 1 aromatic carbocycles. The first-order valence-electron chi connectivity index (χ1n) is 8.23. The van der Waals surface area contributed by atoms with E-state index in [1.165, 1.54) is 18.3 Å². The minimum Gasteiger partial charge on any atom is -0.351 e. The molecule has 0 saturated carbocycles. The molecule has 26 heavy (non-hydrogen) atoms. The average molecular weight is 386 g/mol. The van der Waals surface area contributed by atoms with Gasteiger partial charge in [0.05, 0.1) is 17.1 Å². The number of hydrogen-bond acceptors (Lipinski definition) is 5. The van der Waals surface area contributed by atoms with Gasteiger partial charge in [0.25, 0.3) is 0 Å². The van der Waals surface area contributed by atoms with Crippen LogP contribution in [0.3, 0.4) is 0 Å². The van der Waals surface area contributed by atoms with Gasteiger partial charge >= 0.3 is 0 Å². The van der Waals surface area contributed by atoms with Crippen molar-refractivity contribution in [1.29, 1.82) is 0 Å². The van der Waals surface area contributed by atoms with Crippen molar-refractivity contribution in [1.82, 2.24) is 10.3 Å². The zero-order valence-electron chi connectivity index (χ0n) is 14.3. The van der Waals surface area contributed by atoms with E-state index in [0.29, 0.717) is 24.5 Å². The van der Waals surface area contributed by atoms with Crippen molar-refractivity contribution in [3.63, 3.8) is 0 Å². The molecule has 0 bridgehead atoms. The van der Waals surface area contributed by atoms with Crippen LogP contribution in [0.1, 0.15) is 23.8 Å². The van der Waals surface area contributed by atoms with Crippen LogP contribution in [0.15, 0.2) is 47.8 Å². The van der Waals surface area contributed by atoms with Crippen molar-refractivity contribution in [3.8, 4) is 10.6 Å². The largest absolute Gasteiger partial charge is 0.351 e. The number of hydrogen-bond donors (Lipinski definition) is 2. The number of carbonyl (C=O) groups excluding carboxylic acids is 2. The fourth-order valence-electron chi connectivity index (χ4n) is 2.35. The summed E-state index contributed by atoms with van der Waals surface area (Å²) in [7, 11) is 0. The zero-order valence-corrected chi connectivity index (χ0v) is 16.0. The number of nitrogens with one attached hydrogen (secondary N) is 2. The first kappa shape index (κ1) is 18.3. The molecule has 2 amide bonds. The van der Waals surface area contributed by atoms with Gasteiger partial charge in [-0.05, 0) is 24.1 Å². The molecule has 0 aliphatic carbocycles. The Labute approximate surface area is 160 Å². The molecule has 2 aromatic heterocycles. The fraction of sp³-hybridized carbons (Fsp3) is 0.211. The Hall–Kier alpha value is -2.51. The molecule has 2 heterocycles. The van der Waals surface area contributed by atoms with Gasteiger partial charge in [0.1, 0.15) is 0 Å². The highest BCUT2D eigenvalue weighted by Gasteiger charge is 2.10. The van der Waals surface area contributed by atoms with Crippen molar-refractivity contribution < 1.29 is 9.59 Å². The van der Waals surface area contributed by atoms with Gasteiger partial charge < -0.3 is 10.6 Å². The monoisotopic (exact) mass is 385 g/mol. The number of carbonyl (C=O) groups is 2. The lowest BCUT2D eigenvalue weighted by Gasteiger charge is -2.02. The number of aryl methyl sites for hydroxylation is 1. The predicted molar refractivity (Wildman–Crippen MR) is 106 cm³/mol. The number of thiophene rings is 1. The minimum atomic E-state index is -0.0471. The molecular formula is C19H19N3O2S2. The summed E-state index contributed by atoms with van der Waals surface area (Å²) in [5.41, 5.74) is 1.99. The lowest BCUT2D eigenvalue weighted by Crippen LogP contribution is -2.17. The van der Waals surface area contributed by atoms with Crippen molar-refractivity contribution in [3.05, 3.63) is 58.3 Å². The van der Waals surface area contributed by atoms with Crippen LogP contribution in [0.2, 0.25) is 0 Å². The molecule has 0 saturated heterocycles. The maximum atomic E-state index is 12.1. The van der Waals surface area contributed by atoms with Gasteiger partial charge in [-0.15, -0.1) is 22.7 Å². The SMILES string of the molecule is CC(=O)NCc1ccc(-c2csc(NC(=O)CCc3ccccc3)n2)s1. The van der Waals surface area contributed by atoms with Gasteiger partial charge in [0.15, 0.2) is 5.13 Å². The second-order valence-electron chi connectivity index (χ2n) is 5.75. The number of thiazole rings is 1. The molecular weight excluding hydrogens is 366 g/mol. The molecule has 2 N–H and O–H groups in total. The number of nitrogens with zero attached hydrogens (tertiary/aromatic N) is 1. The highest BCUT2D eigenvalue weighted by atomic mass is 32.1. The maximum absolute atomic E-state index is 12.1. The van der Waals surface area contributed by atoms with Crippen molar-refractivity contribution in [2.45, 2.75) is 26.3 Å². The number of amides is 2. The average Bonchev–Trinajstić information content (AvgIpc) is 3.28. The van der Waals surface area contributed by atoms with E-state index >= 15 is 0 Å². The van der Waals surface area contributed by atoms with Crippen LogP contribution in [-0.2, 0) is 22.6 Å². The van der Waals surface area contributed by atoms with E-state index in [2.05, 4.69) is 15.6 Å². The highest BCUT2D eigenvalue weighted by Crippen LogP contribution is 2.30. The van der Waals surface area contributed by atoms with E-state index in [9.17, 15) is 9.59 Å². The zero-order chi connectivity index (χ0) is 18.4. The van der Waals surface area contributed by atoms with Gasteiger partial charge in [0, 0.05) is 23.6 Å². The Morgan fingerprint density at radius 1 is 1.12 bits per heavy atom. The molecule has 0 unspecified atom stereocenters. The lowest BCUT2D eigenvalue weighted by atomic mass is 10.1. The Bertz CT molecular complexity index is 887. The summed E-state index contributed by atoms with van der Waals surface area (Å²) >= 11 is 3.00. The summed E-state index contributed by atoms with van der Waals surface area (Å²) in [6.45, 7) is 2.02. The van der Waals surface area contributed by atoms with Gasteiger partial charge in [-0.25, -0.2) is 4.98 Å². The van der Waals surface area contributed by atoms with Crippen LogP contribution in [0.5, 0.6) is 0 Å². The number of anilines is 1. The first-order valence-corrected chi connectivity index (χ1v) is 9.92. The first-order chi connectivity index (χ1) is 12.6. The molecule has 0 aliphatic heterocycles. The van der Waals surface area contributed by atoms with E-state index in [4.69, 9.17) is 0 Å². The molecule has 5 nitrogen and oxygen atoms in total. The quantitative estimate of drug-likeness (QED) is 0.644. The summed E-state index contributed by atoms with van der Waals surface area (Å²) in [4.78, 5) is 29.7. The van der Waals surface area contributed by atoms with E-state index in [0.717, 1.165) is 21.0 Å². The van der Waals surface area contributed by atoms with Crippen molar-refractivity contribution in [2.75, 3.05) is 5.32 Å². The molecule has 3 rings (SSSR count). The van der Waals surface area contributed by atoms with E-state index in [1.807, 2.05) is 47.8 Å². The second-order valence-corrected chi connectivity index (χ2v) is 7.77. The van der Waals surface area contributed by atoms with Crippen LogP contribution in [0.4, 0.5) is 5.13 Å². The summed E-state index contributed by atoms with van der Waals surface area (Å²) < 4.78 is 0. The van der Waals surface area contributed by atoms with Crippen LogP contribution in [-0.4, -0.2) is 16.8 Å². The Kier molecular flexibility index (Phi) is 6.14. The third kappa shape index (κ3) is 5.24. The standard InChI is InChI=1S/C19H19N3O2S2/c1-13(23)20-11-15-8-9-17(26-15)16-12-25-19(21-16)22-18(24)10-7-14-5-3-2-4-6-14/h2-6,8-9,12H,7,10-11H2,1H3,(H,20,23)(H,21,22,24). The molecule has 7 heteroatoms. The molecule has 134 valence electrons. The topological polar surface area (TPSA) is 71.1 Å².